The van der Waals surface area contributed by atoms with Gasteiger partial charge in [0.2, 0.25) is 0 Å². The van der Waals surface area contributed by atoms with Crippen molar-refractivity contribution in [2.45, 2.75) is 63.2 Å². The molecule has 2 aromatic carbocycles. The molecular weight excluding hydrogens is 304 g/mol. The molecule has 0 aromatic heterocycles. The van der Waals surface area contributed by atoms with E-state index in [4.69, 9.17) is 0 Å². The second-order valence-corrected chi connectivity index (χ2v) is 7.75. The summed E-state index contributed by atoms with van der Waals surface area (Å²) in [6.07, 6.45) is 6.91. The molecule has 3 atom stereocenters. The van der Waals surface area contributed by atoms with Crippen LogP contribution in [0.3, 0.4) is 0 Å². The van der Waals surface area contributed by atoms with Gasteiger partial charge < -0.3 is 5.32 Å². The van der Waals surface area contributed by atoms with Crippen molar-refractivity contribution in [3.63, 3.8) is 0 Å². The second-order valence-electron chi connectivity index (χ2n) is 7.75. The van der Waals surface area contributed by atoms with Crippen LogP contribution in [0.4, 0.5) is 0 Å². The van der Waals surface area contributed by atoms with E-state index in [1.165, 1.54) is 43.2 Å². The minimum Gasteiger partial charge on any atom is -0.308 e. The maximum Gasteiger partial charge on any atom is 0.0520 e. The fourth-order valence-corrected chi connectivity index (χ4v) is 4.65. The summed E-state index contributed by atoms with van der Waals surface area (Å²) in [5, 5.41) is 4.00. The largest absolute Gasteiger partial charge is 0.308 e. The average molecular weight is 335 g/mol. The highest BCUT2D eigenvalue weighted by Gasteiger charge is 2.43. The van der Waals surface area contributed by atoms with Gasteiger partial charge in [-0.2, -0.15) is 0 Å². The zero-order valence-electron chi connectivity index (χ0n) is 15.3. The number of nitrogens with zero attached hydrogens (tertiary/aromatic N) is 1. The van der Waals surface area contributed by atoms with Crippen LogP contribution < -0.4 is 5.32 Å². The van der Waals surface area contributed by atoms with Crippen molar-refractivity contribution < 1.29 is 0 Å². The Kier molecular flexibility index (Phi) is 5.19. The summed E-state index contributed by atoms with van der Waals surface area (Å²) >= 11 is 0. The average Bonchev–Trinajstić information content (AvgIpc) is 2.67. The monoisotopic (exact) mass is 334 g/mol. The minimum atomic E-state index is 0.454. The molecule has 2 heteroatoms. The van der Waals surface area contributed by atoms with E-state index >= 15 is 0 Å². The van der Waals surface area contributed by atoms with Crippen molar-refractivity contribution in [1.29, 1.82) is 0 Å². The van der Waals surface area contributed by atoms with Gasteiger partial charge in [-0.15, -0.1) is 0 Å². The fraction of sp³-hybridized carbons (Fsp3) is 0.478. The van der Waals surface area contributed by atoms with Crippen LogP contribution in [0, 0.1) is 0 Å². The van der Waals surface area contributed by atoms with E-state index in [0.29, 0.717) is 18.1 Å². The van der Waals surface area contributed by atoms with E-state index in [9.17, 15) is 0 Å². The Balaban J connectivity index is 1.51. The summed E-state index contributed by atoms with van der Waals surface area (Å²) in [6.45, 7) is 3.49. The molecular formula is C23H30N2. The van der Waals surface area contributed by atoms with Crippen LogP contribution in [-0.4, -0.2) is 23.5 Å². The molecule has 132 valence electrons. The quantitative estimate of drug-likeness (QED) is 0.819. The molecule has 1 aliphatic carbocycles. The van der Waals surface area contributed by atoms with Gasteiger partial charge in [-0.3, -0.25) is 4.90 Å². The summed E-state index contributed by atoms with van der Waals surface area (Å²) in [6, 6.07) is 24.2. The lowest BCUT2D eigenvalue weighted by Crippen LogP contribution is -2.62. The highest BCUT2D eigenvalue weighted by Crippen LogP contribution is 2.41. The van der Waals surface area contributed by atoms with E-state index in [0.717, 1.165) is 12.6 Å². The van der Waals surface area contributed by atoms with E-state index in [2.05, 4.69) is 77.8 Å². The Morgan fingerprint density at radius 1 is 0.880 bits per heavy atom. The number of benzene rings is 2. The van der Waals surface area contributed by atoms with E-state index in [1.54, 1.807) is 0 Å². The van der Waals surface area contributed by atoms with Crippen molar-refractivity contribution >= 4 is 0 Å². The van der Waals surface area contributed by atoms with Crippen molar-refractivity contribution in [2.75, 3.05) is 6.54 Å². The lowest BCUT2D eigenvalue weighted by molar-refractivity contribution is -0.00149. The molecule has 4 rings (SSSR count). The summed E-state index contributed by atoms with van der Waals surface area (Å²) in [4.78, 5) is 2.66. The lowest BCUT2D eigenvalue weighted by Gasteiger charge is -2.53. The Morgan fingerprint density at radius 2 is 1.52 bits per heavy atom. The van der Waals surface area contributed by atoms with Crippen LogP contribution in [0.1, 0.15) is 62.2 Å². The SMILES string of the molecule is C[C@@H](c1ccccc1)N1C[C@H](NC2CCCCC2)[C@@H]1c1ccccc1. The number of likely N-dealkylation sites (tertiary alicyclic amines) is 1. The summed E-state index contributed by atoms with van der Waals surface area (Å²) in [7, 11) is 0. The molecule has 0 amide bonds. The van der Waals surface area contributed by atoms with Crippen molar-refractivity contribution in [3.05, 3.63) is 71.8 Å². The molecule has 0 unspecified atom stereocenters. The van der Waals surface area contributed by atoms with Gasteiger partial charge in [-0.25, -0.2) is 0 Å². The van der Waals surface area contributed by atoms with Crippen LogP contribution in [0.25, 0.3) is 0 Å². The molecule has 2 aromatic rings. The molecule has 1 heterocycles. The molecule has 0 spiro atoms. The van der Waals surface area contributed by atoms with Gasteiger partial charge >= 0.3 is 0 Å². The molecule has 25 heavy (non-hydrogen) atoms. The van der Waals surface area contributed by atoms with Gasteiger partial charge in [-0.05, 0) is 30.9 Å². The number of hydrogen-bond acceptors (Lipinski definition) is 2. The van der Waals surface area contributed by atoms with E-state index < -0.39 is 0 Å². The Labute approximate surface area is 152 Å². The first-order chi connectivity index (χ1) is 12.3. The Bertz CT molecular complexity index is 648. The fourth-order valence-electron chi connectivity index (χ4n) is 4.65. The van der Waals surface area contributed by atoms with Crippen molar-refractivity contribution in [2.24, 2.45) is 0 Å². The number of hydrogen-bond donors (Lipinski definition) is 1. The molecule has 1 N–H and O–H groups in total. The summed E-state index contributed by atoms with van der Waals surface area (Å²) in [5.74, 6) is 0. The van der Waals surface area contributed by atoms with Crippen LogP contribution in [0.5, 0.6) is 0 Å². The smallest absolute Gasteiger partial charge is 0.0520 e. The Hall–Kier alpha value is -1.64. The highest BCUT2D eigenvalue weighted by molar-refractivity contribution is 5.27. The summed E-state index contributed by atoms with van der Waals surface area (Å²) < 4.78 is 0. The third-order valence-electron chi connectivity index (χ3n) is 6.12. The van der Waals surface area contributed by atoms with Gasteiger partial charge in [0.25, 0.3) is 0 Å². The molecule has 2 fully saturated rings. The molecule has 1 saturated carbocycles. The predicted octanol–water partition coefficient (Wildman–Crippen LogP) is 5.10. The molecule has 2 aliphatic rings. The zero-order chi connectivity index (χ0) is 17.1. The molecule has 0 bridgehead atoms. The standard InChI is InChI=1S/C23H30N2/c1-18(19-11-5-2-6-12-19)25-17-22(24-21-15-9-4-10-16-21)23(25)20-13-7-3-8-14-20/h2-3,5-8,11-14,18,21-24H,4,9-10,15-17H2,1H3/t18-,22-,23-/m0/s1. The number of rotatable bonds is 5. The first-order valence-corrected chi connectivity index (χ1v) is 9.94. The highest BCUT2D eigenvalue weighted by atomic mass is 15.3. The minimum absolute atomic E-state index is 0.454. The topological polar surface area (TPSA) is 15.3 Å². The zero-order valence-corrected chi connectivity index (χ0v) is 15.3. The maximum absolute atomic E-state index is 4.00. The first-order valence-electron chi connectivity index (χ1n) is 9.94. The van der Waals surface area contributed by atoms with Crippen LogP contribution in [0.15, 0.2) is 60.7 Å². The third-order valence-corrected chi connectivity index (χ3v) is 6.12. The normalized spacial score (nSPS) is 26.1. The van der Waals surface area contributed by atoms with Gasteiger partial charge in [0.1, 0.15) is 0 Å². The predicted molar refractivity (Wildman–Crippen MR) is 105 cm³/mol. The molecule has 0 radical (unpaired) electrons. The van der Waals surface area contributed by atoms with E-state index in [-0.39, 0.29) is 0 Å². The van der Waals surface area contributed by atoms with Crippen molar-refractivity contribution in [3.8, 4) is 0 Å². The molecule has 2 nitrogen and oxygen atoms in total. The van der Waals surface area contributed by atoms with Crippen LogP contribution in [0.2, 0.25) is 0 Å². The second kappa shape index (κ2) is 7.72. The van der Waals surface area contributed by atoms with Crippen LogP contribution in [-0.2, 0) is 0 Å². The van der Waals surface area contributed by atoms with Crippen LogP contribution >= 0.6 is 0 Å². The molecule has 1 aliphatic heterocycles. The van der Waals surface area contributed by atoms with Gasteiger partial charge in [0, 0.05) is 24.7 Å². The van der Waals surface area contributed by atoms with Gasteiger partial charge in [0.15, 0.2) is 0 Å². The summed E-state index contributed by atoms with van der Waals surface area (Å²) in [5.41, 5.74) is 2.87. The van der Waals surface area contributed by atoms with E-state index in [1.807, 2.05) is 0 Å². The molecule has 1 saturated heterocycles. The third kappa shape index (κ3) is 3.65. The van der Waals surface area contributed by atoms with Crippen molar-refractivity contribution in [1.82, 2.24) is 10.2 Å². The number of nitrogens with one attached hydrogen (secondary N) is 1. The lowest BCUT2D eigenvalue weighted by atomic mass is 9.84. The maximum atomic E-state index is 4.00. The van der Waals surface area contributed by atoms with Gasteiger partial charge in [-0.1, -0.05) is 79.9 Å². The Morgan fingerprint density at radius 3 is 2.20 bits per heavy atom. The first kappa shape index (κ1) is 16.8. The van der Waals surface area contributed by atoms with Gasteiger partial charge in [0.05, 0.1) is 6.04 Å².